The summed E-state index contributed by atoms with van der Waals surface area (Å²) < 4.78 is 30.8. The van der Waals surface area contributed by atoms with E-state index >= 15 is 0 Å². The van der Waals surface area contributed by atoms with Gasteiger partial charge in [-0.15, -0.1) is 0 Å². The van der Waals surface area contributed by atoms with Crippen molar-refractivity contribution in [2.75, 3.05) is 13.1 Å². The first kappa shape index (κ1) is 18.5. The van der Waals surface area contributed by atoms with Crippen LogP contribution in [0.15, 0.2) is 58.2 Å². The molecule has 0 aliphatic carbocycles. The predicted octanol–water partition coefficient (Wildman–Crippen LogP) is 2.06. The summed E-state index contributed by atoms with van der Waals surface area (Å²) in [6.45, 7) is 0.552. The van der Waals surface area contributed by atoms with Gasteiger partial charge >= 0.3 is 5.69 Å². The van der Waals surface area contributed by atoms with Gasteiger partial charge in [-0.1, -0.05) is 24.3 Å². The molecular weight excluding hydrogens is 378 g/mol. The zero-order chi connectivity index (χ0) is 20.1. The molecule has 2 aromatic carbocycles. The molecule has 0 atom stereocenters. The number of imidazole rings is 1. The van der Waals surface area contributed by atoms with E-state index < -0.39 is 10.0 Å². The lowest BCUT2D eigenvalue weighted by molar-refractivity contribution is 0.440. The third-order valence-electron chi connectivity index (χ3n) is 5.25. The number of nitrogens with zero attached hydrogens (tertiary/aromatic N) is 3. The van der Waals surface area contributed by atoms with Crippen LogP contribution in [0.3, 0.4) is 0 Å². The van der Waals surface area contributed by atoms with E-state index in [9.17, 15) is 18.3 Å². The lowest BCUT2D eigenvalue weighted by atomic mass is 10.0. The van der Waals surface area contributed by atoms with Crippen LogP contribution in [0.25, 0.3) is 16.6 Å². The van der Waals surface area contributed by atoms with E-state index in [4.69, 9.17) is 0 Å². The van der Waals surface area contributed by atoms with Gasteiger partial charge in [-0.2, -0.15) is 4.31 Å². The highest BCUT2D eigenvalue weighted by Crippen LogP contribution is 2.31. The van der Waals surface area contributed by atoms with E-state index in [0.717, 1.165) is 5.57 Å². The largest absolute Gasteiger partial charge is 0.507 e. The van der Waals surface area contributed by atoms with Crippen LogP contribution in [0.5, 0.6) is 5.75 Å². The van der Waals surface area contributed by atoms with Crippen molar-refractivity contribution in [2.45, 2.75) is 11.3 Å². The van der Waals surface area contributed by atoms with E-state index in [0.29, 0.717) is 29.6 Å². The Morgan fingerprint density at radius 1 is 1.00 bits per heavy atom. The molecule has 0 fully saturated rings. The van der Waals surface area contributed by atoms with Crippen LogP contribution in [0, 0.1) is 0 Å². The molecule has 3 aromatic rings. The standard InChI is InChI=1S/C20H21N3O4S/c1-21-17-10-9-15(12-18(17)22(2)20(21)25)28(26,27)23-11-5-6-14(13-23)16-7-3-4-8-19(16)24/h3-4,6-10,12,24H,5,11,13H2,1-2H3. The van der Waals surface area contributed by atoms with Crippen LogP contribution in [0.2, 0.25) is 0 Å². The van der Waals surface area contributed by atoms with Gasteiger partial charge in [0, 0.05) is 32.7 Å². The average molecular weight is 399 g/mol. The molecule has 2 heterocycles. The van der Waals surface area contributed by atoms with Gasteiger partial charge in [0.05, 0.1) is 15.9 Å². The Morgan fingerprint density at radius 3 is 2.46 bits per heavy atom. The Labute approximate surface area is 162 Å². The van der Waals surface area contributed by atoms with Gasteiger partial charge in [0.15, 0.2) is 0 Å². The summed E-state index contributed by atoms with van der Waals surface area (Å²) in [7, 11) is -0.456. The van der Waals surface area contributed by atoms with Crippen molar-refractivity contribution in [1.29, 1.82) is 0 Å². The first-order valence-electron chi connectivity index (χ1n) is 8.93. The number of sulfonamides is 1. The van der Waals surface area contributed by atoms with Crippen LogP contribution in [-0.2, 0) is 24.1 Å². The zero-order valence-electron chi connectivity index (χ0n) is 15.7. The highest BCUT2D eigenvalue weighted by molar-refractivity contribution is 7.89. The Hall–Kier alpha value is -2.84. The topological polar surface area (TPSA) is 84.5 Å². The molecule has 7 nitrogen and oxygen atoms in total. The number of para-hydroxylation sites is 1. The molecule has 0 saturated carbocycles. The number of phenols is 1. The fraction of sp³-hybridized carbons (Fsp3) is 0.250. The second-order valence-electron chi connectivity index (χ2n) is 6.92. The summed E-state index contributed by atoms with van der Waals surface area (Å²) >= 11 is 0. The van der Waals surface area contributed by atoms with E-state index in [1.54, 1.807) is 44.4 Å². The number of benzene rings is 2. The number of rotatable bonds is 3. The number of aryl methyl sites for hydroxylation is 2. The molecule has 146 valence electrons. The summed E-state index contributed by atoms with van der Waals surface area (Å²) in [5, 5.41) is 10.1. The maximum Gasteiger partial charge on any atom is 0.328 e. The minimum absolute atomic E-state index is 0.133. The lowest BCUT2D eigenvalue weighted by Crippen LogP contribution is -2.35. The molecule has 8 heteroatoms. The van der Waals surface area contributed by atoms with Crippen LogP contribution in [0.1, 0.15) is 12.0 Å². The molecule has 0 amide bonds. The van der Waals surface area contributed by atoms with Gasteiger partial charge in [-0.3, -0.25) is 9.13 Å². The number of aromatic hydroxyl groups is 1. The minimum atomic E-state index is -3.74. The Morgan fingerprint density at radius 2 is 1.71 bits per heavy atom. The smallest absolute Gasteiger partial charge is 0.328 e. The highest BCUT2D eigenvalue weighted by atomic mass is 32.2. The molecule has 0 spiro atoms. The van der Waals surface area contributed by atoms with Crippen LogP contribution in [-0.4, -0.2) is 40.1 Å². The molecule has 0 unspecified atom stereocenters. The molecule has 1 N–H and O–H groups in total. The lowest BCUT2D eigenvalue weighted by Gasteiger charge is -2.27. The van der Waals surface area contributed by atoms with Crippen molar-refractivity contribution < 1.29 is 13.5 Å². The number of aromatic nitrogens is 2. The molecule has 1 aliphatic heterocycles. The molecule has 1 aromatic heterocycles. The molecule has 0 saturated heterocycles. The summed E-state index contributed by atoms with van der Waals surface area (Å²) in [4.78, 5) is 12.3. The normalized spacial score (nSPS) is 15.7. The van der Waals surface area contributed by atoms with Gasteiger partial charge < -0.3 is 5.11 Å². The number of hydrogen-bond acceptors (Lipinski definition) is 4. The van der Waals surface area contributed by atoms with E-state index in [2.05, 4.69) is 0 Å². The summed E-state index contributed by atoms with van der Waals surface area (Å²) in [6, 6.07) is 11.7. The third-order valence-corrected chi connectivity index (χ3v) is 7.09. The van der Waals surface area contributed by atoms with Gasteiger partial charge in [0.2, 0.25) is 10.0 Å². The summed E-state index contributed by atoms with van der Waals surface area (Å²) in [5.41, 5.74) is 2.47. The fourth-order valence-corrected chi connectivity index (χ4v) is 5.11. The zero-order valence-corrected chi connectivity index (χ0v) is 16.5. The number of fused-ring (bicyclic) bond motifs is 1. The highest BCUT2D eigenvalue weighted by Gasteiger charge is 2.28. The fourth-order valence-electron chi connectivity index (χ4n) is 3.66. The summed E-state index contributed by atoms with van der Waals surface area (Å²) in [5.74, 6) is 0.133. The second-order valence-corrected chi connectivity index (χ2v) is 8.86. The van der Waals surface area contributed by atoms with Crippen molar-refractivity contribution in [3.8, 4) is 5.75 Å². The second kappa shape index (κ2) is 6.65. The number of hydrogen-bond donors (Lipinski definition) is 1. The number of phenolic OH excluding ortho intramolecular Hbond substituents is 1. The van der Waals surface area contributed by atoms with Crippen molar-refractivity contribution >= 4 is 26.6 Å². The van der Waals surface area contributed by atoms with Crippen LogP contribution in [0.4, 0.5) is 0 Å². The van der Waals surface area contributed by atoms with E-state index in [-0.39, 0.29) is 22.9 Å². The van der Waals surface area contributed by atoms with Crippen molar-refractivity contribution in [1.82, 2.24) is 13.4 Å². The first-order chi connectivity index (χ1) is 13.3. The predicted molar refractivity (Wildman–Crippen MR) is 108 cm³/mol. The van der Waals surface area contributed by atoms with Crippen molar-refractivity contribution in [3.05, 3.63) is 64.6 Å². The molecule has 1 aliphatic rings. The van der Waals surface area contributed by atoms with Gasteiger partial charge in [-0.25, -0.2) is 13.2 Å². The maximum absolute atomic E-state index is 13.2. The maximum atomic E-state index is 13.2. The monoisotopic (exact) mass is 399 g/mol. The van der Waals surface area contributed by atoms with E-state index in [1.165, 1.54) is 19.5 Å². The van der Waals surface area contributed by atoms with Crippen LogP contribution >= 0.6 is 0 Å². The van der Waals surface area contributed by atoms with Crippen LogP contribution < -0.4 is 5.69 Å². The third kappa shape index (κ3) is 2.85. The molecule has 28 heavy (non-hydrogen) atoms. The van der Waals surface area contributed by atoms with Crippen molar-refractivity contribution in [3.63, 3.8) is 0 Å². The Bertz CT molecular complexity index is 1270. The van der Waals surface area contributed by atoms with Gasteiger partial charge in [0.1, 0.15) is 5.75 Å². The quantitative estimate of drug-likeness (QED) is 0.731. The summed E-state index contributed by atoms with van der Waals surface area (Å²) in [6.07, 6.45) is 2.53. The Balaban J connectivity index is 1.72. The Kier molecular flexibility index (Phi) is 4.40. The molecular formula is C20H21N3O4S. The van der Waals surface area contributed by atoms with Crippen molar-refractivity contribution in [2.24, 2.45) is 14.1 Å². The SMILES string of the molecule is Cn1c(=O)n(C)c2cc(S(=O)(=O)N3CCC=C(c4ccccc4O)C3)ccc21. The van der Waals surface area contributed by atoms with E-state index in [1.807, 2.05) is 12.1 Å². The average Bonchev–Trinajstić information content (AvgIpc) is 2.92. The van der Waals surface area contributed by atoms with Gasteiger partial charge in [-0.05, 0) is 36.3 Å². The molecule has 0 radical (unpaired) electrons. The first-order valence-corrected chi connectivity index (χ1v) is 10.4. The minimum Gasteiger partial charge on any atom is -0.507 e. The molecule has 4 rings (SSSR count). The van der Waals surface area contributed by atoms with Gasteiger partial charge in [0.25, 0.3) is 0 Å². The molecule has 0 bridgehead atoms.